The monoisotopic (exact) mass is 237 g/mol. The molecule has 0 unspecified atom stereocenters. The van der Waals surface area contributed by atoms with E-state index in [0.717, 1.165) is 21.5 Å². The highest BCUT2D eigenvalue weighted by molar-refractivity contribution is 6.31. The maximum atomic E-state index is 9.44. The summed E-state index contributed by atoms with van der Waals surface area (Å²) >= 11 is 5.99. The molecule has 2 rings (SSSR count). The third kappa shape index (κ3) is 1.72. The van der Waals surface area contributed by atoms with Crippen LogP contribution in [-0.4, -0.2) is 16.3 Å². The topological polar surface area (TPSA) is 25.2 Å². The summed E-state index contributed by atoms with van der Waals surface area (Å²) in [6, 6.07) is 5.86. The standard InChI is InChI=1S/C13H16ClNO/c1-13(2,8-16)11-7-15(3)12-6-9(14)4-5-10(11)12/h4-7,16H,8H2,1-3H3. The van der Waals surface area contributed by atoms with Gasteiger partial charge in [-0.05, 0) is 17.7 Å². The highest BCUT2D eigenvalue weighted by atomic mass is 35.5. The van der Waals surface area contributed by atoms with Gasteiger partial charge in [-0.25, -0.2) is 0 Å². The average molecular weight is 238 g/mol. The zero-order chi connectivity index (χ0) is 11.9. The van der Waals surface area contributed by atoms with E-state index >= 15 is 0 Å². The molecule has 0 aliphatic rings. The maximum Gasteiger partial charge on any atom is 0.0523 e. The summed E-state index contributed by atoms with van der Waals surface area (Å²) in [4.78, 5) is 0. The van der Waals surface area contributed by atoms with Crippen LogP contribution in [0.25, 0.3) is 10.9 Å². The number of nitrogens with zero attached hydrogens (tertiary/aromatic N) is 1. The third-order valence-corrected chi connectivity index (χ3v) is 3.31. The fourth-order valence-electron chi connectivity index (χ4n) is 1.98. The quantitative estimate of drug-likeness (QED) is 0.853. The molecular weight excluding hydrogens is 222 g/mol. The lowest BCUT2D eigenvalue weighted by Crippen LogP contribution is -2.21. The van der Waals surface area contributed by atoms with E-state index in [0.29, 0.717) is 0 Å². The molecule has 0 saturated carbocycles. The molecule has 2 nitrogen and oxygen atoms in total. The maximum absolute atomic E-state index is 9.44. The van der Waals surface area contributed by atoms with Crippen molar-refractivity contribution in [3.05, 3.63) is 35.0 Å². The first kappa shape index (κ1) is 11.5. The van der Waals surface area contributed by atoms with E-state index in [4.69, 9.17) is 11.6 Å². The molecule has 0 saturated heterocycles. The Labute approximate surface area is 100 Å². The van der Waals surface area contributed by atoms with Gasteiger partial charge < -0.3 is 9.67 Å². The third-order valence-electron chi connectivity index (χ3n) is 3.08. The van der Waals surface area contributed by atoms with Crippen LogP contribution >= 0.6 is 11.6 Å². The molecule has 0 amide bonds. The summed E-state index contributed by atoms with van der Waals surface area (Å²) in [5.41, 5.74) is 2.03. The van der Waals surface area contributed by atoms with Crippen LogP contribution in [0.1, 0.15) is 19.4 Å². The molecule has 3 heteroatoms. The van der Waals surface area contributed by atoms with E-state index in [9.17, 15) is 5.11 Å². The SMILES string of the molecule is Cn1cc(C(C)(C)CO)c2ccc(Cl)cc21. The van der Waals surface area contributed by atoms with Crippen LogP contribution in [0.3, 0.4) is 0 Å². The largest absolute Gasteiger partial charge is 0.395 e. The second-order valence-corrected chi connectivity index (χ2v) is 5.29. The van der Waals surface area contributed by atoms with Crippen LogP contribution < -0.4 is 0 Å². The number of aryl methyl sites for hydroxylation is 1. The van der Waals surface area contributed by atoms with Gasteiger partial charge >= 0.3 is 0 Å². The first-order valence-corrected chi connectivity index (χ1v) is 5.69. The number of hydrogen-bond acceptors (Lipinski definition) is 1. The number of aliphatic hydroxyl groups is 1. The number of aromatic nitrogens is 1. The van der Waals surface area contributed by atoms with Crippen molar-refractivity contribution in [2.75, 3.05) is 6.61 Å². The van der Waals surface area contributed by atoms with Crippen molar-refractivity contribution in [3.8, 4) is 0 Å². The van der Waals surface area contributed by atoms with Crippen LogP contribution in [0.2, 0.25) is 5.02 Å². The molecule has 86 valence electrons. The second kappa shape index (κ2) is 3.79. The molecule has 2 aromatic rings. The van der Waals surface area contributed by atoms with E-state index in [1.807, 2.05) is 43.7 Å². The van der Waals surface area contributed by atoms with Gasteiger partial charge in [0.15, 0.2) is 0 Å². The minimum atomic E-state index is -0.229. The lowest BCUT2D eigenvalue weighted by Gasteiger charge is -2.20. The first-order valence-electron chi connectivity index (χ1n) is 5.31. The van der Waals surface area contributed by atoms with Crippen molar-refractivity contribution in [2.45, 2.75) is 19.3 Å². The van der Waals surface area contributed by atoms with Gasteiger partial charge in [-0.3, -0.25) is 0 Å². The van der Waals surface area contributed by atoms with Gasteiger partial charge in [0.25, 0.3) is 0 Å². The van der Waals surface area contributed by atoms with Gasteiger partial charge in [-0.2, -0.15) is 0 Å². The van der Waals surface area contributed by atoms with E-state index in [1.165, 1.54) is 0 Å². The van der Waals surface area contributed by atoms with Gasteiger partial charge in [0.1, 0.15) is 0 Å². The smallest absolute Gasteiger partial charge is 0.0523 e. The highest BCUT2D eigenvalue weighted by Gasteiger charge is 2.23. The number of rotatable bonds is 2. The van der Waals surface area contributed by atoms with Gasteiger partial charge in [-0.15, -0.1) is 0 Å². The van der Waals surface area contributed by atoms with Crippen LogP contribution in [0.5, 0.6) is 0 Å². The van der Waals surface area contributed by atoms with Gasteiger partial charge in [0.05, 0.1) is 6.61 Å². The molecule has 1 N–H and O–H groups in total. The van der Waals surface area contributed by atoms with Crippen molar-refractivity contribution in [1.29, 1.82) is 0 Å². The van der Waals surface area contributed by atoms with Gasteiger partial charge in [0, 0.05) is 34.6 Å². The summed E-state index contributed by atoms with van der Waals surface area (Å²) in [6.07, 6.45) is 2.07. The van der Waals surface area contributed by atoms with Crippen molar-refractivity contribution in [1.82, 2.24) is 4.57 Å². The van der Waals surface area contributed by atoms with Crippen molar-refractivity contribution < 1.29 is 5.11 Å². The van der Waals surface area contributed by atoms with Crippen molar-refractivity contribution in [2.24, 2.45) is 7.05 Å². The number of benzene rings is 1. The lowest BCUT2D eigenvalue weighted by molar-refractivity contribution is 0.219. The molecular formula is C13H16ClNO. The van der Waals surface area contributed by atoms with Crippen molar-refractivity contribution >= 4 is 22.5 Å². The molecule has 1 aromatic heterocycles. The van der Waals surface area contributed by atoms with E-state index < -0.39 is 0 Å². The Balaban J connectivity index is 2.73. The van der Waals surface area contributed by atoms with Gasteiger partial charge in [-0.1, -0.05) is 31.5 Å². The Kier molecular flexibility index (Phi) is 2.72. The Hall–Kier alpha value is -0.990. The van der Waals surface area contributed by atoms with Crippen LogP contribution in [0, 0.1) is 0 Å². The molecule has 0 atom stereocenters. The summed E-state index contributed by atoms with van der Waals surface area (Å²) < 4.78 is 2.05. The molecule has 16 heavy (non-hydrogen) atoms. The summed E-state index contributed by atoms with van der Waals surface area (Å²) in [5, 5.41) is 11.3. The zero-order valence-corrected chi connectivity index (χ0v) is 10.5. The molecule has 1 aromatic carbocycles. The molecule has 0 spiro atoms. The highest BCUT2D eigenvalue weighted by Crippen LogP contribution is 2.32. The molecule has 1 heterocycles. The van der Waals surface area contributed by atoms with Crippen LogP contribution in [-0.2, 0) is 12.5 Å². The molecule has 0 aliphatic heterocycles. The number of aliphatic hydroxyl groups excluding tert-OH is 1. The Morgan fingerprint density at radius 3 is 2.69 bits per heavy atom. The first-order chi connectivity index (χ1) is 7.45. The Morgan fingerprint density at radius 2 is 2.06 bits per heavy atom. The average Bonchev–Trinajstić information content (AvgIpc) is 2.57. The predicted molar refractivity (Wildman–Crippen MR) is 68.0 cm³/mol. The fourth-order valence-corrected chi connectivity index (χ4v) is 2.15. The number of halogens is 1. The predicted octanol–water partition coefficient (Wildman–Crippen LogP) is 3.10. The van der Waals surface area contributed by atoms with E-state index in [-0.39, 0.29) is 12.0 Å². The molecule has 0 bridgehead atoms. The lowest BCUT2D eigenvalue weighted by atomic mass is 9.85. The normalized spacial score (nSPS) is 12.3. The van der Waals surface area contributed by atoms with E-state index in [1.54, 1.807) is 0 Å². The van der Waals surface area contributed by atoms with E-state index in [2.05, 4.69) is 6.20 Å². The Morgan fingerprint density at radius 1 is 1.38 bits per heavy atom. The summed E-state index contributed by atoms with van der Waals surface area (Å²) in [6.45, 7) is 4.21. The molecule has 0 radical (unpaired) electrons. The van der Waals surface area contributed by atoms with Crippen molar-refractivity contribution in [3.63, 3.8) is 0 Å². The summed E-state index contributed by atoms with van der Waals surface area (Å²) in [7, 11) is 2.00. The minimum Gasteiger partial charge on any atom is -0.395 e. The minimum absolute atomic E-state index is 0.134. The zero-order valence-electron chi connectivity index (χ0n) is 9.79. The molecule has 0 fully saturated rings. The van der Waals surface area contributed by atoms with Crippen LogP contribution in [0.4, 0.5) is 0 Å². The molecule has 0 aliphatic carbocycles. The van der Waals surface area contributed by atoms with Gasteiger partial charge in [0.2, 0.25) is 0 Å². The van der Waals surface area contributed by atoms with Crippen LogP contribution in [0.15, 0.2) is 24.4 Å². The summed E-state index contributed by atoms with van der Waals surface area (Å²) in [5.74, 6) is 0. The second-order valence-electron chi connectivity index (χ2n) is 4.86. The fraction of sp³-hybridized carbons (Fsp3) is 0.385. The number of fused-ring (bicyclic) bond motifs is 1. The number of hydrogen-bond donors (Lipinski definition) is 1. The Bertz CT molecular complexity index is 528.